The fourth-order valence-electron chi connectivity index (χ4n) is 0.751. The van der Waals surface area contributed by atoms with Gasteiger partial charge in [-0.3, -0.25) is 4.79 Å². The maximum absolute atomic E-state index is 10.8. The molecule has 0 heterocycles. The van der Waals surface area contributed by atoms with E-state index in [2.05, 4.69) is 31.1 Å². The first-order valence-corrected chi connectivity index (χ1v) is 7.90. The largest absolute Gasteiger partial charge is 0.368 e. The van der Waals surface area contributed by atoms with E-state index in [-0.39, 0.29) is 11.9 Å². The van der Waals surface area contributed by atoms with Crippen LogP contribution in [-0.2, 0) is 9.53 Å². The lowest BCUT2D eigenvalue weighted by molar-refractivity contribution is -0.118. The average Bonchev–Trinajstić information content (AvgIpc) is 1.95. The second-order valence-corrected chi connectivity index (χ2v) is 8.90. The molecular formula is C10H18O2Si. The first kappa shape index (κ1) is 12.4. The summed E-state index contributed by atoms with van der Waals surface area (Å²) in [7, 11) is 0.250. The summed E-state index contributed by atoms with van der Waals surface area (Å²) in [6, 6.07) is 0. The third-order valence-corrected chi connectivity index (χ3v) is 2.26. The van der Waals surface area contributed by atoms with Gasteiger partial charge in [-0.2, -0.15) is 0 Å². The van der Waals surface area contributed by atoms with Crippen molar-refractivity contribution in [2.75, 3.05) is 7.11 Å². The molecule has 3 heteroatoms. The monoisotopic (exact) mass is 198 g/mol. The molecule has 0 saturated heterocycles. The zero-order chi connectivity index (χ0) is 10.5. The van der Waals surface area contributed by atoms with Crippen molar-refractivity contribution in [1.29, 1.82) is 0 Å². The topological polar surface area (TPSA) is 26.3 Å². The molecule has 0 aliphatic heterocycles. The molecule has 0 rings (SSSR count). The molecule has 2 nitrogen and oxygen atoms in total. The second-order valence-electron chi connectivity index (χ2n) is 4.15. The van der Waals surface area contributed by atoms with Gasteiger partial charge in [0.25, 0.3) is 0 Å². The number of carbonyl (C=O) groups excluding carboxylic acids is 1. The molecule has 13 heavy (non-hydrogen) atoms. The Hall–Kier alpha value is -0.593. The standard InChI is InChI=1S/C10H18O2Si/c1-9(11)8-10(12-2)6-7-13(3,4)5/h10H,8H2,1-5H3. The molecule has 0 spiro atoms. The minimum Gasteiger partial charge on any atom is -0.368 e. The zero-order valence-corrected chi connectivity index (χ0v) is 10.1. The summed E-state index contributed by atoms with van der Waals surface area (Å²) in [5.41, 5.74) is 3.19. The molecular weight excluding hydrogens is 180 g/mol. The van der Waals surface area contributed by atoms with Gasteiger partial charge in [-0.1, -0.05) is 25.6 Å². The van der Waals surface area contributed by atoms with Crippen LogP contribution in [0, 0.1) is 11.5 Å². The van der Waals surface area contributed by atoms with E-state index in [0.29, 0.717) is 6.42 Å². The van der Waals surface area contributed by atoms with Crippen LogP contribution in [0.2, 0.25) is 19.6 Å². The Labute approximate surface area is 81.7 Å². The number of ether oxygens (including phenoxy) is 1. The van der Waals surface area contributed by atoms with Crippen LogP contribution < -0.4 is 0 Å². The third-order valence-electron chi connectivity index (χ3n) is 1.37. The smallest absolute Gasteiger partial charge is 0.133 e. The highest BCUT2D eigenvalue weighted by Gasteiger charge is 2.10. The molecule has 0 N–H and O–H groups in total. The van der Waals surface area contributed by atoms with Crippen LogP contribution in [0.15, 0.2) is 0 Å². The SMILES string of the molecule is COC(C#C[Si](C)(C)C)CC(C)=O. The Morgan fingerprint density at radius 1 is 1.46 bits per heavy atom. The van der Waals surface area contributed by atoms with Gasteiger partial charge in [0.1, 0.15) is 20.0 Å². The number of Topliss-reactive ketones (excluding diaryl/α,β-unsaturated/α-hetero) is 1. The van der Waals surface area contributed by atoms with Crippen LogP contribution >= 0.6 is 0 Å². The minimum absolute atomic E-state index is 0.122. The van der Waals surface area contributed by atoms with E-state index in [9.17, 15) is 4.79 Å². The summed E-state index contributed by atoms with van der Waals surface area (Å²) in [5, 5.41) is 0. The Morgan fingerprint density at radius 3 is 2.31 bits per heavy atom. The van der Waals surface area contributed by atoms with Gasteiger partial charge in [0.05, 0.1) is 0 Å². The molecule has 1 unspecified atom stereocenters. The first-order chi connectivity index (χ1) is 5.85. The summed E-state index contributed by atoms with van der Waals surface area (Å²) < 4.78 is 5.08. The molecule has 0 fully saturated rings. The molecule has 0 aromatic carbocycles. The number of ketones is 1. The molecule has 0 saturated carbocycles. The lowest BCUT2D eigenvalue weighted by Gasteiger charge is -2.08. The lowest BCUT2D eigenvalue weighted by Crippen LogP contribution is -2.19. The van der Waals surface area contributed by atoms with E-state index in [0.717, 1.165) is 0 Å². The fraction of sp³-hybridized carbons (Fsp3) is 0.700. The molecule has 0 aliphatic carbocycles. The van der Waals surface area contributed by atoms with Crippen molar-refractivity contribution in [3.8, 4) is 11.5 Å². The minimum atomic E-state index is -1.34. The van der Waals surface area contributed by atoms with Crippen LogP contribution in [0.3, 0.4) is 0 Å². The number of carbonyl (C=O) groups is 1. The number of hydrogen-bond donors (Lipinski definition) is 0. The van der Waals surface area contributed by atoms with Crippen molar-refractivity contribution in [3.05, 3.63) is 0 Å². The Bertz CT molecular complexity index is 230. The van der Waals surface area contributed by atoms with Crippen molar-refractivity contribution >= 4 is 13.9 Å². The summed E-state index contributed by atoms with van der Waals surface area (Å²) >= 11 is 0. The number of rotatable bonds is 3. The van der Waals surface area contributed by atoms with Gasteiger partial charge in [-0.15, -0.1) is 5.54 Å². The quantitative estimate of drug-likeness (QED) is 0.511. The van der Waals surface area contributed by atoms with Crippen LogP contribution in [0.1, 0.15) is 13.3 Å². The van der Waals surface area contributed by atoms with E-state index in [1.54, 1.807) is 14.0 Å². The van der Waals surface area contributed by atoms with Gasteiger partial charge in [0.2, 0.25) is 0 Å². The second kappa shape index (κ2) is 5.20. The van der Waals surface area contributed by atoms with Crippen molar-refractivity contribution in [3.63, 3.8) is 0 Å². The van der Waals surface area contributed by atoms with E-state index < -0.39 is 8.07 Å². The van der Waals surface area contributed by atoms with Crippen LogP contribution in [0.4, 0.5) is 0 Å². The fourth-order valence-corrected chi connectivity index (χ4v) is 1.35. The highest BCUT2D eigenvalue weighted by atomic mass is 28.3. The Kier molecular flexibility index (Phi) is 4.97. The average molecular weight is 198 g/mol. The van der Waals surface area contributed by atoms with Crippen LogP contribution in [0.5, 0.6) is 0 Å². The van der Waals surface area contributed by atoms with Gasteiger partial charge in [-0.25, -0.2) is 0 Å². The van der Waals surface area contributed by atoms with Gasteiger partial charge < -0.3 is 4.74 Å². The first-order valence-electron chi connectivity index (χ1n) is 4.40. The zero-order valence-electron chi connectivity index (χ0n) is 9.10. The molecule has 0 aliphatic rings. The van der Waals surface area contributed by atoms with E-state index in [4.69, 9.17) is 4.74 Å². The molecule has 0 radical (unpaired) electrons. The van der Waals surface area contributed by atoms with E-state index in [1.807, 2.05) is 0 Å². The van der Waals surface area contributed by atoms with Gasteiger partial charge in [0, 0.05) is 13.5 Å². The summed E-state index contributed by atoms with van der Waals surface area (Å²) in [4.78, 5) is 10.8. The Morgan fingerprint density at radius 2 is 2.00 bits per heavy atom. The predicted octanol–water partition coefficient (Wildman–Crippen LogP) is 1.86. The molecule has 0 aromatic rings. The summed E-state index contributed by atoms with van der Waals surface area (Å²) in [6.45, 7) is 8.06. The maximum atomic E-state index is 10.8. The van der Waals surface area contributed by atoms with Crippen molar-refractivity contribution in [2.45, 2.75) is 39.1 Å². The van der Waals surface area contributed by atoms with E-state index in [1.165, 1.54) is 0 Å². The van der Waals surface area contributed by atoms with E-state index >= 15 is 0 Å². The Balaban J connectivity index is 4.25. The number of hydrogen-bond acceptors (Lipinski definition) is 2. The summed E-state index contributed by atoms with van der Waals surface area (Å²) in [6.07, 6.45) is 0.178. The van der Waals surface area contributed by atoms with Crippen LogP contribution in [-0.4, -0.2) is 27.1 Å². The maximum Gasteiger partial charge on any atom is 0.133 e. The molecule has 74 valence electrons. The van der Waals surface area contributed by atoms with Gasteiger partial charge in [-0.05, 0) is 6.92 Å². The molecule has 0 aromatic heterocycles. The highest BCUT2D eigenvalue weighted by Crippen LogP contribution is 2.00. The third kappa shape index (κ3) is 7.76. The van der Waals surface area contributed by atoms with Gasteiger partial charge in [0.15, 0.2) is 0 Å². The van der Waals surface area contributed by atoms with Crippen molar-refractivity contribution < 1.29 is 9.53 Å². The molecule has 1 atom stereocenters. The van der Waals surface area contributed by atoms with Crippen molar-refractivity contribution in [1.82, 2.24) is 0 Å². The van der Waals surface area contributed by atoms with Gasteiger partial charge >= 0.3 is 0 Å². The summed E-state index contributed by atoms with van der Waals surface area (Å²) in [5.74, 6) is 3.13. The number of methoxy groups -OCH3 is 1. The highest BCUT2D eigenvalue weighted by molar-refractivity contribution is 6.83. The van der Waals surface area contributed by atoms with Crippen LogP contribution in [0.25, 0.3) is 0 Å². The van der Waals surface area contributed by atoms with Crippen molar-refractivity contribution in [2.24, 2.45) is 0 Å². The normalized spacial score (nSPS) is 13.0. The molecule has 0 bridgehead atoms. The lowest BCUT2D eigenvalue weighted by atomic mass is 10.2. The predicted molar refractivity (Wildman–Crippen MR) is 57.2 cm³/mol. The molecule has 0 amide bonds.